The van der Waals surface area contributed by atoms with E-state index in [0.717, 1.165) is 0 Å². The van der Waals surface area contributed by atoms with E-state index in [9.17, 15) is 0 Å². The second-order valence-electron chi connectivity index (χ2n) is 4.62. The highest BCUT2D eigenvalue weighted by Crippen LogP contribution is 2.42. The van der Waals surface area contributed by atoms with Gasteiger partial charge in [-0.15, -0.1) is 0 Å². The molecule has 0 saturated heterocycles. The summed E-state index contributed by atoms with van der Waals surface area (Å²) in [5, 5.41) is 0. The summed E-state index contributed by atoms with van der Waals surface area (Å²) in [7, 11) is 0. The highest BCUT2D eigenvalue weighted by Gasteiger charge is 2.27. The van der Waals surface area contributed by atoms with Crippen LogP contribution in [0.3, 0.4) is 0 Å². The second kappa shape index (κ2) is 2.76. The predicted molar refractivity (Wildman–Crippen MR) is 53.0 cm³/mol. The lowest BCUT2D eigenvalue weighted by Crippen LogP contribution is -2.19. The Kier molecular flexibility index (Phi) is 1.86. The third-order valence-electron chi connectivity index (χ3n) is 3.26. The van der Waals surface area contributed by atoms with Crippen LogP contribution in [0, 0.1) is 5.41 Å². The maximum atomic E-state index is 2.39. The minimum absolute atomic E-state index is 0.369. The molecule has 0 aromatic carbocycles. The number of rotatable bonds is 0. The Hall–Kier alpha value is -0.520. The highest BCUT2D eigenvalue weighted by molar-refractivity contribution is 5.32. The van der Waals surface area contributed by atoms with Gasteiger partial charge in [0.2, 0.25) is 0 Å². The zero-order valence-electron chi connectivity index (χ0n) is 8.19. The lowest BCUT2D eigenvalue weighted by Gasteiger charge is -2.34. The van der Waals surface area contributed by atoms with Crippen LogP contribution in [0.4, 0.5) is 0 Å². The maximum Gasteiger partial charge on any atom is 0.00371 e. The SMILES string of the molecule is CC1(C)C=CCC2=C1CCCC2. The smallest absolute Gasteiger partial charge is 0.00371 e. The summed E-state index contributed by atoms with van der Waals surface area (Å²) in [6, 6.07) is 0. The van der Waals surface area contributed by atoms with E-state index in [1.807, 2.05) is 0 Å². The minimum Gasteiger partial charge on any atom is -0.0836 e. The third kappa shape index (κ3) is 1.24. The van der Waals surface area contributed by atoms with Crippen molar-refractivity contribution in [3.8, 4) is 0 Å². The standard InChI is InChI=1S/C12H18/c1-12(2)9-5-7-10-6-3-4-8-11(10)12/h5,9H,3-4,6-8H2,1-2H3. The Balaban J connectivity index is 2.33. The van der Waals surface area contributed by atoms with Crippen LogP contribution in [-0.4, -0.2) is 0 Å². The molecule has 0 radical (unpaired) electrons. The van der Waals surface area contributed by atoms with Crippen molar-refractivity contribution in [2.45, 2.75) is 46.0 Å². The molecule has 0 amide bonds. The molecule has 0 aliphatic heterocycles. The highest BCUT2D eigenvalue weighted by atomic mass is 14.3. The van der Waals surface area contributed by atoms with Gasteiger partial charge in [-0.25, -0.2) is 0 Å². The molecule has 0 aromatic rings. The second-order valence-corrected chi connectivity index (χ2v) is 4.62. The van der Waals surface area contributed by atoms with Crippen molar-refractivity contribution in [1.82, 2.24) is 0 Å². The van der Waals surface area contributed by atoms with Gasteiger partial charge in [-0.3, -0.25) is 0 Å². The molecular formula is C12H18. The van der Waals surface area contributed by atoms with Gasteiger partial charge in [0.25, 0.3) is 0 Å². The third-order valence-corrected chi connectivity index (χ3v) is 3.26. The summed E-state index contributed by atoms with van der Waals surface area (Å²) in [5.74, 6) is 0. The lowest BCUT2D eigenvalue weighted by molar-refractivity contribution is 0.488. The fourth-order valence-electron chi connectivity index (χ4n) is 2.57. The van der Waals surface area contributed by atoms with E-state index in [0.29, 0.717) is 5.41 Å². The number of hydrogen-bond acceptors (Lipinski definition) is 0. The van der Waals surface area contributed by atoms with Crippen molar-refractivity contribution in [3.05, 3.63) is 23.3 Å². The normalized spacial score (nSPS) is 27.2. The molecule has 0 spiro atoms. The van der Waals surface area contributed by atoms with Gasteiger partial charge in [-0.2, -0.15) is 0 Å². The minimum atomic E-state index is 0.369. The van der Waals surface area contributed by atoms with E-state index in [2.05, 4.69) is 26.0 Å². The van der Waals surface area contributed by atoms with Crippen LogP contribution in [0.2, 0.25) is 0 Å². The van der Waals surface area contributed by atoms with Crippen LogP contribution in [0.1, 0.15) is 46.0 Å². The zero-order valence-corrected chi connectivity index (χ0v) is 8.19. The molecule has 0 heteroatoms. The summed E-state index contributed by atoms with van der Waals surface area (Å²) < 4.78 is 0. The van der Waals surface area contributed by atoms with Crippen LogP contribution in [0.5, 0.6) is 0 Å². The first-order chi connectivity index (χ1) is 5.70. The maximum absolute atomic E-state index is 2.39. The Labute approximate surface area is 75.4 Å². The molecule has 2 aliphatic rings. The fraction of sp³-hybridized carbons (Fsp3) is 0.667. The number of allylic oxidation sites excluding steroid dienone is 4. The number of hydrogen-bond donors (Lipinski definition) is 0. The molecule has 0 nitrogen and oxygen atoms in total. The van der Waals surface area contributed by atoms with Gasteiger partial charge < -0.3 is 0 Å². The summed E-state index contributed by atoms with van der Waals surface area (Å²) in [4.78, 5) is 0. The van der Waals surface area contributed by atoms with E-state index < -0.39 is 0 Å². The molecule has 0 saturated carbocycles. The zero-order chi connectivity index (χ0) is 8.60. The molecule has 2 aliphatic carbocycles. The molecule has 0 aromatic heterocycles. The van der Waals surface area contributed by atoms with Crippen molar-refractivity contribution in [3.63, 3.8) is 0 Å². The fourth-order valence-corrected chi connectivity index (χ4v) is 2.57. The van der Waals surface area contributed by atoms with E-state index in [1.54, 1.807) is 11.1 Å². The molecule has 12 heavy (non-hydrogen) atoms. The first kappa shape index (κ1) is 8.10. The molecular weight excluding hydrogens is 144 g/mol. The van der Waals surface area contributed by atoms with Gasteiger partial charge >= 0.3 is 0 Å². The average Bonchev–Trinajstić information content (AvgIpc) is 2.04. The summed E-state index contributed by atoms with van der Waals surface area (Å²) in [6.45, 7) is 4.70. The Morgan fingerprint density at radius 3 is 2.67 bits per heavy atom. The van der Waals surface area contributed by atoms with Gasteiger partial charge in [0.05, 0.1) is 0 Å². The molecule has 0 atom stereocenters. The first-order valence-corrected chi connectivity index (χ1v) is 5.09. The molecule has 0 N–H and O–H groups in total. The summed E-state index contributed by atoms with van der Waals surface area (Å²) in [5.41, 5.74) is 3.86. The van der Waals surface area contributed by atoms with E-state index in [4.69, 9.17) is 0 Å². The van der Waals surface area contributed by atoms with Crippen molar-refractivity contribution in [2.24, 2.45) is 5.41 Å². The quantitative estimate of drug-likeness (QED) is 0.475. The van der Waals surface area contributed by atoms with Crippen molar-refractivity contribution < 1.29 is 0 Å². The average molecular weight is 162 g/mol. The van der Waals surface area contributed by atoms with Gasteiger partial charge in [-0.1, -0.05) is 37.1 Å². The van der Waals surface area contributed by atoms with Crippen molar-refractivity contribution in [1.29, 1.82) is 0 Å². The molecule has 66 valence electrons. The van der Waals surface area contributed by atoms with Gasteiger partial charge in [-0.05, 0) is 32.1 Å². The van der Waals surface area contributed by atoms with E-state index in [1.165, 1.54) is 32.1 Å². The molecule has 0 heterocycles. The van der Waals surface area contributed by atoms with E-state index in [-0.39, 0.29) is 0 Å². The van der Waals surface area contributed by atoms with Crippen molar-refractivity contribution in [2.75, 3.05) is 0 Å². The topological polar surface area (TPSA) is 0 Å². The van der Waals surface area contributed by atoms with Crippen LogP contribution in [0.15, 0.2) is 23.3 Å². The first-order valence-electron chi connectivity index (χ1n) is 5.09. The van der Waals surface area contributed by atoms with Crippen molar-refractivity contribution >= 4 is 0 Å². The Morgan fingerprint density at radius 2 is 1.92 bits per heavy atom. The summed E-state index contributed by atoms with van der Waals surface area (Å²) >= 11 is 0. The van der Waals surface area contributed by atoms with Gasteiger partial charge in [0.1, 0.15) is 0 Å². The Morgan fingerprint density at radius 1 is 1.17 bits per heavy atom. The molecule has 0 unspecified atom stereocenters. The van der Waals surface area contributed by atoms with Gasteiger partial charge in [0, 0.05) is 5.41 Å². The molecule has 2 rings (SSSR count). The van der Waals surface area contributed by atoms with Crippen LogP contribution in [-0.2, 0) is 0 Å². The van der Waals surface area contributed by atoms with Gasteiger partial charge in [0.15, 0.2) is 0 Å². The lowest BCUT2D eigenvalue weighted by atomic mass is 9.71. The van der Waals surface area contributed by atoms with Crippen LogP contribution < -0.4 is 0 Å². The molecule has 0 bridgehead atoms. The summed E-state index contributed by atoms with van der Waals surface area (Å²) in [6.07, 6.45) is 11.5. The largest absolute Gasteiger partial charge is 0.0836 e. The Bertz CT molecular complexity index is 241. The molecule has 0 fully saturated rings. The monoisotopic (exact) mass is 162 g/mol. The van der Waals surface area contributed by atoms with Crippen LogP contribution in [0.25, 0.3) is 0 Å². The van der Waals surface area contributed by atoms with E-state index >= 15 is 0 Å². The predicted octanol–water partition coefficient (Wildman–Crippen LogP) is 3.84. The van der Waals surface area contributed by atoms with Crippen LogP contribution >= 0.6 is 0 Å².